The van der Waals surface area contributed by atoms with E-state index in [-0.39, 0.29) is 0 Å². The number of hydrogen-bond donors (Lipinski definition) is 0. The maximum Gasteiger partial charge on any atom is 0.133 e. The molecule has 0 N–H and O–H groups in total. The minimum absolute atomic E-state index is 0.483. The van der Waals surface area contributed by atoms with Crippen molar-refractivity contribution >= 4 is 17.3 Å². The Balaban J connectivity index is 2.73. The highest BCUT2D eigenvalue weighted by Crippen LogP contribution is 2.24. The van der Waals surface area contributed by atoms with Crippen LogP contribution in [-0.4, -0.2) is 17.3 Å². The largest absolute Gasteiger partial charge is 0.300 e. The highest BCUT2D eigenvalue weighted by Gasteiger charge is 2.15. The van der Waals surface area contributed by atoms with Gasteiger partial charge in [-0.15, -0.1) is 0 Å². The first-order valence-electron chi connectivity index (χ1n) is 27.0. The number of allylic oxidation sites excluding steroid dienone is 6. The molecule has 0 aromatic heterocycles. The van der Waals surface area contributed by atoms with Gasteiger partial charge in [-0.3, -0.25) is 14.4 Å². The molecule has 1 rings (SSSR count). The normalized spacial score (nSPS) is 22.9. The summed E-state index contributed by atoms with van der Waals surface area (Å²) in [5.41, 5.74) is 0. The van der Waals surface area contributed by atoms with E-state index in [1.165, 1.54) is 173 Å². The molecule has 0 saturated carbocycles. The molecule has 3 unspecified atom stereocenters. The van der Waals surface area contributed by atoms with E-state index >= 15 is 0 Å². The van der Waals surface area contributed by atoms with Gasteiger partial charge in [-0.25, -0.2) is 0 Å². The zero-order valence-electron chi connectivity index (χ0n) is 40.6. The van der Waals surface area contributed by atoms with E-state index in [0.29, 0.717) is 35.1 Å². The van der Waals surface area contributed by atoms with Gasteiger partial charge >= 0.3 is 0 Å². The summed E-state index contributed by atoms with van der Waals surface area (Å²) in [5.74, 6) is 2.97. The molecule has 1 aliphatic rings. The minimum atomic E-state index is 0.483. The fraction of sp³-hybridized carbons (Fsp3) is 0.842. The maximum atomic E-state index is 13.0. The Bertz CT molecular complexity index is 934. The summed E-state index contributed by atoms with van der Waals surface area (Å²) in [7, 11) is 0. The third-order valence-electron chi connectivity index (χ3n) is 13.3. The standard InChI is InChI=1S/C57H102O3/c1-4-7-10-31-40-52-43-34-25-19-13-16-23-29-38-47-56(59)50-54(42-33-12-9-6-3)45-36-27-21-15-18-24-30-39-48-57(60)51-53(41-32-11-8-5-2)44-35-26-20-14-17-22-28-37-46-55(58)49-52/h25-27,34-36,52-54H,4-24,28-33,37-51H2,1-3H3. The highest BCUT2D eigenvalue weighted by molar-refractivity contribution is 5.79. The van der Waals surface area contributed by atoms with Crippen LogP contribution in [0.5, 0.6) is 0 Å². The van der Waals surface area contributed by atoms with Crippen molar-refractivity contribution < 1.29 is 14.4 Å². The lowest BCUT2D eigenvalue weighted by Gasteiger charge is -2.14. The lowest BCUT2D eigenvalue weighted by Crippen LogP contribution is -2.08. The lowest BCUT2D eigenvalue weighted by atomic mass is 9.90. The average molecular weight is 835 g/mol. The smallest absolute Gasteiger partial charge is 0.133 e. The van der Waals surface area contributed by atoms with E-state index in [1.807, 2.05) is 0 Å². The highest BCUT2D eigenvalue weighted by atomic mass is 16.1. The van der Waals surface area contributed by atoms with Crippen molar-refractivity contribution in [2.75, 3.05) is 0 Å². The fourth-order valence-corrected chi connectivity index (χ4v) is 9.32. The van der Waals surface area contributed by atoms with E-state index < -0.39 is 0 Å². The molecule has 3 nitrogen and oxygen atoms in total. The van der Waals surface area contributed by atoms with Crippen molar-refractivity contribution in [1.82, 2.24) is 0 Å². The predicted molar refractivity (Wildman–Crippen MR) is 264 cm³/mol. The van der Waals surface area contributed by atoms with Crippen LogP contribution in [0.3, 0.4) is 0 Å². The van der Waals surface area contributed by atoms with Crippen molar-refractivity contribution in [3.8, 4) is 0 Å². The van der Waals surface area contributed by atoms with Crippen LogP contribution < -0.4 is 0 Å². The quantitative estimate of drug-likeness (QED) is 0.122. The second-order valence-electron chi connectivity index (χ2n) is 19.4. The fourth-order valence-electron chi connectivity index (χ4n) is 9.32. The Morgan fingerprint density at radius 1 is 0.333 bits per heavy atom. The monoisotopic (exact) mass is 835 g/mol. The van der Waals surface area contributed by atoms with Gasteiger partial charge in [0.1, 0.15) is 17.3 Å². The number of Topliss-reactive ketones (excluding diaryl/α,β-unsaturated/α-hetero) is 3. The number of carbonyl (C=O) groups is 3. The molecule has 0 aromatic carbocycles. The molecule has 0 bridgehead atoms. The second kappa shape index (κ2) is 43.9. The first-order chi connectivity index (χ1) is 29.5. The molecule has 1 aliphatic carbocycles. The summed E-state index contributed by atoms with van der Waals surface area (Å²) in [5, 5.41) is 0. The average Bonchev–Trinajstić information content (AvgIpc) is 3.23. The number of rotatable bonds is 15. The molecule has 0 aromatic rings. The van der Waals surface area contributed by atoms with Gasteiger partial charge in [0.2, 0.25) is 0 Å². The van der Waals surface area contributed by atoms with Gasteiger partial charge in [0.25, 0.3) is 0 Å². The van der Waals surface area contributed by atoms with Crippen LogP contribution in [0.1, 0.15) is 290 Å². The Morgan fingerprint density at radius 2 is 0.600 bits per heavy atom. The van der Waals surface area contributed by atoms with Gasteiger partial charge in [0, 0.05) is 38.5 Å². The molecule has 0 amide bonds. The van der Waals surface area contributed by atoms with E-state index in [9.17, 15) is 14.4 Å². The molecule has 0 spiro atoms. The zero-order valence-corrected chi connectivity index (χ0v) is 40.6. The van der Waals surface area contributed by atoms with Gasteiger partial charge in [-0.2, -0.15) is 0 Å². The van der Waals surface area contributed by atoms with Gasteiger partial charge in [0.05, 0.1) is 0 Å². The van der Waals surface area contributed by atoms with Crippen LogP contribution in [-0.2, 0) is 14.4 Å². The molecule has 348 valence electrons. The first kappa shape index (κ1) is 56.2. The SMILES string of the molecule is CCCCCCC1CC=CCCCCCCCC(=O)CC(CCCCCC)CC=CCCCCCCCC(=O)CC(CCCCCC)CC=CCCCCCCCC(=O)C1. The number of ketones is 3. The Kier molecular flexibility index (Phi) is 41.1. The number of hydrogen-bond acceptors (Lipinski definition) is 3. The maximum absolute atomic E-state index is 13.0. The van der Waals surface area contributed by atoms with E-state index in [0.717, 1.165) is 96.3 Å². The van der Waals surface area contributed by atoms with Gasteiger partial charge in [-0.1, -0.05) is 192 Å². The second-order valence-corrected chi connectivity index (χ2v) is 19.4. The molecule has 3 atom stereocenters. The summed E-state index contributed by atoms with van der Waals surface area (Å²) >= 11 is 0. The number of carbonyl (C=O) groups excluding carboxylic acids is 3. The molecular weight excluding hydrogens is 733 g/mol. The lowest BCUT2D eigenvalue weighted by molar-refractivity contribution is -0.121. The molecule has 0 aliphatic heterocycles. The first-order valence-corrected chi connectivity index (χ1v) is 27.0. The summed E-state index contributed by atoms with van der Waals surface area (Å²) in [6, 6.07) is 0. The van der Waals surface area contributed by atoms with Crippen LogP contribution in [0.4, 0.5) is 0 Å². The van der Waals surface area contributed by atoms with E-state index in [1.54, 1.807) is 0 Å². The predicted octanol–water partition coefficient (Wildman–Crippen LogP) is 18.7. The Hall–Kier alpha value is -1.77. The van der Waals surface area contributed by atoms with Crippen molar-refractivity contribution in [2.45, 2.75) is 290 Å². The summed E-state index contributed by atoms with van der Waals surface area (Å²) in [6.45, 7) is 6.82. The molecule has 60 heavy (non-hydrogen) atoms. The molecular formula is C57H102O3. The van der Waals surface area contributed by atoms with Gasteiger partial charge in [-0.05, 0) is 114 Å². The summed E-state index contributed by atoms with van der Waals surface area (Å²) in [6.07, 6.45) is 62.1. The van der Waals surface area contributed by atoms with Crippen molar-refractivity contribution in [3.63, 3.8) is 0 Å². The van der Waals surface area contributed by atoms with Crippen LogP contribution in [0.15, 0.2) is 36.5 Å². The topological polar surface area (TPSA) is 51.2 Å². The molecule has 0 fully saturated rings. The van der Waals surface area contributed by atoms with Crippen LogP contribution in [0.2, 0.25) is 0 Å². The summed E-state index contributed by atoms with van der Waals surface area (Å²) in [4.78, 5) is 39.1. The minimum Gasteiger partial charge on any atom is -0.300 e. The molecule has 0 heterocycles. The van der Waals surface area contributed by atoms with Gasteiger partial charge in [0.15, 0.2) is 0 Å². The third kappa shape index (κ3) is 37.9. The van der Waals surface area contributed by atoms with E-state index in [4.69, 9.17) is 0 Å². The van der Waals surface area contributed by atoms with Crippen LogP contribution in [0, 0.1) is 17.8 Å². The van der Waals surface area contributed by atoms with Crippen LogP contribution in [0.25, 0.3) is 0 Å². The molecule has 0 saturated heterocycles. The number of unbranched alkanes of at least 4 members (excludes halogenated alkanes) is 9. The zero-order chi connectivity index (χ0) is 43.4. The third-order valence-corrected chi connectivity index (χ3v) is 13.3. The van der Waals surface area contributed by atoms with E-state index in [2.05, 4.69) is 57.2 Å². The van der Waals surface area contributed by atoms with Gasteiger partial charge < -0.3 is 0 Å². The van der Waals surface area contributed by atoms with Crippen molar-refractivity contribution in [2.24, 2.45) is 17.8 Å². The van der Waals surface area contributed by atoms with Crippen LogP contribution >= 0.6 is 0 Å². The van der Waals surface area contributed by atoms with Crippen molar-refractivity contribution in [1.29, 1.82) is 0 Å². The molecule has 3 heteroatoms. The molecule has 0 radical (unpaired) electrons. The summed E-state index contributed by atoms with van der Waals surface area (Å²) < 4.78 is 0. The van der Waals surface area contributed by atoms with Crippen molar-refractivity contribution in [3.05, 3.63) is 36.5 Å². The Labute approximate surface area is 375 Å². The Morgan fingerprint density at radius 3 is 0.883 bits per heavy atom.